The predicted molar refractivity (Wildman–Crippen MR) is 95.7 cm³/mol. The van der Waals surface area contributed by atoms with Crippen molar-refractivity contribution in [2.75, 3.05) is 0 Å². The van der Waals surface area contributed by atoms with E-state index >= 15 is 0 Å². The Balaban J connectivity index is 1.96. The van der Waals surface area contributed by atoms with Crippen LogP contribution in [0.2, 0.25) is 0 Å². The Labute approximate surface area is 151 Å². The third kappa shape index (κ3) is 6.64. The van der Waals surface area contributed by atoms with Gasteiger partial charge in [-0.05, 0) is 11.1 Å². The monoisotopic (exact) mass is 355 g/mol. The van der Waals surface area contributed by atoms with Crippen molar-refractivity contribution in [1.82, 2.24) is 16.2 Å². The maximum atomic E-state index is 12.3. The van der Waals surface area contributed by atoms with E-state index in [1.54, 1.807) is 0 Å². The van der Waals surface area contributed by atoms with Crippen LogP contribution in [0.4, 0.5) is 4.79 Å². The van der Waals surface area contributed by atoms with Gasteiger partial charge in [0.05, 0.1) is 0 Å². The van der Waals surface area contributed by atoms with Crippen LogP contribution < -0.4 is 16.2 Å². The van der Waals surface area contributed by atoms with Gasteiger partial charge in [0.1, 0.15) is 12.6 Å². The third-order valence-electron chi connectivity index (χ3n) is 3.47. The van der Waals surface area contributed by atoms with Crippen molar-refractivity contribution in [3.05, 3.63) is 71.8 Å². The van der Waals surface area contributed by atoms with Crippen molar-refractivity contribution in [2.45, 2.75) is 26.0 Å². The number of carbonyl (C=O) groups excluding carboxylic acids is 3. The lowest BCUT2D eigenvalue weighted by Crippen LogP contribution is -2.52. The van der Waals surface area contributed by atoms with E-state index in [0.717, 1.165) is 11.1 Å². The zero-order valence-corrected chi connectivity index (χ0v) is 14.4. The first-order valence-electron chi connectivity index (χ1n) is 8.12. The van der Waals surface area contributed by atoms with E-state index in [4.69, 9.17) is 4.74 Å². The molecule has 0 saturated carbocycles. The minimum Gasteiger partial charge on any atom is -0.445 e. The van der Waals surface area contributed by atoms with Crippen molar-refractivity contribution >= 4 is 17.9 Å². The molecule has 2 aromatic carbocycles. The number of rotatable bonds is 6. The molecule has 0 spiro atoms. The number of benzene rings is 2. The molecule has 3 amide bonds. The normalized spacial score (nSPS) is 11.1. The predicted octanol–water partition coefficient (Wildman–Crippen LogP) is 1.69. The van der Waals surface area contributed by atoms with Crippen LogP contribution >= 0.6 is 0 Å². The summed E-state index contributed by atoms with van der Waals surface area (Å²) < 4.78 is 5.15. The van der Waals surface area contributed by atoms with Crippen LogP contribution in [0.5, 0.6) is 0 Å². The SMILES string of the molecule is CC(=O)NNC(=O)[C@@H](Cc1ccccc1)NC(=O)OCc1ccccc1. The number of amides is 3. The second-order valence-corrected chi connectivity index (χ2v) is 5.62. The molecule has 0 aromatic heterocycles. The lowest BCUT2D eigenvalue weighted by atomic mass is 10.1. The molecule has 0 aliphatic carbocycles. The van der Waals surface area contributed by atoms with Gasteiger partial charge in [0, 0.05) is 13.3 Å². The molecule has 7 nitrogen and oxygen atoms in total. The number of alkyl carbamates (subject to hydrolysis) is 1. The average molecular weight is 355 g/mol. The van der Waals surface area contributed by atoms with Gasteiger partial charge in [-0.15, -0.1) is 0 Å². The van der Waals surface area contributed by atoms with Crippen molar-refractivity contribution in [3.63, 3.8) is 0 Å². The van der Waals surface area contributed by atoms with Crippen molar-refractivity contribution < 1.29 is 19.1 Å². The summed E-state index contributed by atoms with van der Waals surface area (Å²) in [5.74, 6) is -0.954. The summed E-state index contributed by atoms with van der Waals surface area (Å²) in [4.78, 5) is 35.3. The first kappa shape index (κ1) is 19.0. The fourth-order valence-corrected chi connectivity index (χ4v) is 2.20. The lowest BCUT2D eigenvalue weighted by molar-refractivity contribution is -0.129. The summed E-state index contributed by atoms with van der Waals surface area (Å²) in [5.41, 5.74) is 6.18. The smallest absolute Gasteiger partial charge is 0.408 e. The molecule has 0 fully saturated rings. The van der Waals surface area contributed by atoms with Crippen LogP contribution in [0.1, 0.15) is 18.1 Å². The number of hydrazine groups is 1. The number of nitrogens with one attached hydrogen (secondary N) is 3. The highest BCUT2D eigenvalue weighted by molar-refractivity contribution is 5.87. The lowest BCUT2D eigenvalue weighted by Gasteiger charge is -2.18. The summed E-state index contributed by atoms with van der Waals surface area (Å²) in [6, 6.07) is 17.5. The number of carbonyl (C=O) groups is 3. The average Bonchev–Trinajstić information content (AvgIpc) is 2.65. The summed E-state index contributed by atoms with van der Waals surface area (Å²) in [6.45, 7) is 1.37. The van der Waals surface area contributed by atoms with Gasteiger partial charge in [0.15, 0.2) is 0 Å². The first-order valence-corrected chi connectivity index (χ1v) is 8.12. The van der Waals surface area contributed by atoms with Crippen LogP contribution in [0.15, 0.2) is 60.7 Å². The number of hydrogen-bond donors (Lipinski definition) is 3. The van der Waals surface area contributed by atoms with Gasteiger partial charge in [-0.3, -0.25) is 20.4 Å². The maximum absolute atomic E-state index is 12.3. The molecule has 0 saturated heterocycles. The van der Waals surface area contributed by atoms with Crippen LogP contribution in [0.3, 0.4) is 0 Å². The summed E-state index contributed by atoms with van der Waals surface area (Å²) >= 11 is 0. The highest BCUT2D eigenvalue weighted by Crippen LogP contribution is 2.05. The second-order valence-electron chi connectivity index (χ2n) is 5.62. The van der Waals surface area contributed by atoms with E-state index < -0.39 is 23.9 Å². The molecule has 1 atom stereocenters. The topological polar surface area (TPSA) is 96.5 Å². The largest absolute Gasteiger partial charge is 0.445 e. The minimum absolute atomic E-state index is 0.0953. The molecule has 26 heavy (non-hydrogen) atoms. The van der Waals surface area contributed by atoms with Crippen LogP contribution in [-0.2, 0) is 27.4 Å². The van der Waals surface area contributed by atoms with Crippen molar-refractivity contribution in [3.8, 4) is 0 Å². The molecular weight excluding hydrogens is 334 g/mol. The molecule has 0 aliphatic rings. The van der Waals surface area contributed by atoms with Crippen LogP contribution in [0.25, 0.3) is 0 Å². The first-order chi connectivity index (χ1) is 12.5. The quantitative estimate of drug-likeness (QED) is 0.687. The molecule has 0 heterocycles. The zero-order valence-electron chi connectivity index (χ0n) is 14.4. The van der Waals surface area contributed by atoms with E-state index in [1.807, 2.05) is 60.7 Å². The van der Waals surface area contributed by atoms with E-state index in [1.165, 1.54) is 6.92 Å². The maximum Gasteiger partial charge on any atom is 0.408 e. The van der Waals surface area contributed by atoms with Gasteiger partial charge in [-0.25, -0.2) is 4.79 Å². The van der Waals surface area contributed by atoms with Gasteiger partial charge >= 0.3 is 6.09 Å². The van der Waals surface area contributed by atoms with Crippen LogP contribution in [0, 0.1) is 0 Å². The van der Waals surface area contributed by atoms with Crippen molar-refractivity contribution in [2.24, 2.45) is 0 Å². The highest BCUT2D eigenvalue weighted by Gasteiger charge is 2.22. The zero-order chi connectivity index (χ0) is 18.8. The molecule has 0 aliphatic heterocycles. The van der Waals surface area contributed by atoms with E-state index in [2.05, 4.69) is 16.2 Å². The highest BCUT2D eigenvalue weighted by atomic mass is 16.5. The Morgan fingerprint density at radius 3 is 2.04 bits per heavy atom. The minimum atomic E-state index is -0.896. The molecule has 2 rings (SSSR count). The summed E-state index contributed by atoms with van der Waals surface area (Å²) in [7, 11) is 0. The number of ether oxygens (including phenoxy) is 1. The Bertz CT molecular complexity index is 735. The van der Waals surface area contributed by atoms with Gasteiger partial charge in [-0.2, -0.15) is 0 Å². The van der Waals surface area contributed by atoms with Crippen molar-refractivity contribution in [1.29, 1.82) is 0 Å². The molecule has 0 bridgehead atoms. The Kier molecular flexibility index (Phi) is 7.17. The fraction of sp³-hybridized carbons (Fsp3) is 0.211. The molecular formula is C19H21N3O4. The van der Waals surface area contributed by atoms with Crippen LogP contribution in [-0.4, -0.2) is 23.9 Å². The van der Waals surface area contributed by atoms with E-state index in [-0.39, 0.29) is 13.0 Å². The third-order valence-corrected chi connectivity index (χ3v) is 3.47. The standard InChI is InChI=1S/C19H21N3O4/c1-14(23)21-22-18(24)17(12-15-8-4-2-5-9-15)20-19(25)26-13-16-10-6-3-7-11-16/h2-11,17H,12-13H2,1H3,(H,20,25)(H,21,23)(H,22,24)/t17-/m1/s1. The molecule has 136 valence electrons. The van der Waals surface area contributed by atoms with E-state index in [9.17, 15) is 14.4 Å². The van der Waals surface area contributed by atoms with Gasteiger partial charge in [0.25, 0.3) is 5.91 Å². The Morgan fingerprint density at radius 2 is 1.46 bits per heavy atom. The summed E-state index contributed by atoms with van der Waals surface area (Å²) in [5, 5.41) is 2.53. The molecule has 3 N–H and O–H groups in total. The molecule has 0 unspecified atom stereocenters. The Hall–Kier alpha value is -3.35. The Morgan fingerprint density at radius 1 is 0.885 bits per heavy atom. The van der Waals surface area contributed by atoms with E-state index in [0.29, 0.717) is 0 Å². The molecule has 2 aromatic rings. The molecule has 0 radical (unpaired) electrons. The second kappa shape index (κ2) is 9.83. The van der Waals surface area contributed by atoms with Gasteiger partial charge in [-0.1, -0.05) is 60.7 Å². The fourth-order valence-electron chi connectivity index (χ4n) is 2.20. The summed E-state index contributed by atoms with van der Waals surface area (Å²) in [6.07, 6.45) is -0.458. The van der Waals surface area contributed by atoms with Gasteiger partial charge < -0.3 is 10.1 Å². The van der Waals surface area contributed by atoms with Gasteiger partial charge in [0.2, 0.25) is 5.91 Å². The molecule has 7 heteroatoms. The number of hydrogen-bond acceptors (Lipinski definition) is 4.